The Hall–Kier alpha value is -4.11. The fourth-order valence-corrected chi connectivity index (χ4v) is 6.64. The molecule has 1 N–H and O–H groups in total. The van der Waals surface area contributed by atoms with E-state index in [1.54, 1.807) is 10.6 Å². The molecule has 1 aromatic carbocycles. The van der Waals surface area contributed by atoms with E-state index in [0.717, 1.165) is 37.9 Å². The summed E-state index contributed by atoms with van der Waals surface area (Å²) in [6.07, 6.45) is 8.63. The first-order valence-electron chi connectivity index (χ1n) is 14.0. The number of benzene rings is 1. The molecule has 5 heterocycles. The number of hydrogen-bond donors (Lipinski definition) is 1. The molecule has 40 heavy (non-hydrogen) atoms. The van der Waals surface area contributed by atoms with Crippen LogP contribution in [0.2, 0.25) is 0 Å². The largest absolute Gasteiger partial charge is 0.345 e. The van der Waals surface area contributed by atoms with Gasteiger partial charge in [-0.1, -0.05) is 6.07 Å². The summed E-state index contributed by atoms with van der Waals surface area (Å²) in [4.78, 5) is 45.9. The maximum Gasteiger partial charge on any atom is 0.222 e. The highest BCUT2D eigenvalue weighted by atomic mass is 19.1. The minimum atomic E-state index is -0.431. The molecule has 204 valence electrons. The molecule has 9 heteroatoms. The molecule has 0 unspecified atom stereocenters. The van der Waals surface area contributed by atoms with Crippen LogP contribution in [0.3, 0.4) is 0 Å². The number of hydrogen-bond acceptors (Lipinski definition) is 5. The number of Topliss-reactive ketones (excluding diaryl/α,β-unsaturated/α-hetero) is 2. The Morgan fingerprint density at radius 3 is 2.75 bits per heavy atom. The maximum atomic E-state index is 15.1. The average Bonchev–Trinajstić information content (AvgIpc) is 3.58. The zero-order valence-corrected chi connectivity index (χ0v) is 22.2. The topological polar surface area (TPSA) is 88.7 Å². The molecule has 0 spiro atoms. The number of aromatic nitrogens is 3. The SMILES string of the molecule is O=C1CC(=O)C(c2cnc3ccccn23)=C1c1cn2c3c(cc(F)cc13)CN(C(=O)CCC1CCNCC1)CC2. The highest BCUT2D eigenvalue weighted by Gasteiger charge is 2.36. The Labute approximate surface area is 230 Å². The molecule has 7 rings (SSSR count). The molecule has 0 radical (unpaired) electrons. The number of halogens is 1. The molecule has 0 atom stereocenters. The first-order chi connectivity index (χ1) is 19.5. The van der Waals surface area contributed by atoms with Gasteiger partial charge in [-0.3, -0.25) is 18.8 Å². The molecule has 8 nitrogen and oxygen atoms in total. The number of carbonyl (C=O) groups is 3. The van der Waals surface area contributed by atoms with Crippen molar-refractivity contribution < 1.29 is 18.8 Å². The van der Waals surface area contributed by atoms with E-state index in [4.69, 9.17) is 0 Å². The van der Waals surface area contributed by atoms with Gasteiger partial charge in [-0.25, -0.2) is 9.37 Å². The fourth-order valence-electron chi connectivity index (χ4n) is 6.64. The summed E-state index contributed by atoms with van der Waals surface area (Å²) in [5, 5.41) is 3.95. The molecule has 3 aromatic heterocycles. The summed E-state index contributed by atoms with van der Waals surface area (Å²) >= 11 is 0. The maximum absolute atomic E-state index is 15.1. The zero-order chi connectivity index (χ0) is 27.4. The normalized spacial score (nSPS) is 18.4. The van der Waals surface area contributed by atoms with Crippen molar-refractivity contribution in [1.82, 2.24) is 24.2 Å². The van der Waals surface area contributed by atoms with Crippen LogP contribution in [0.4, 0.5) is 4.39 Å². The van der Waals surface area contributed by atoms with Gasteiger partial charge in [0.05, 0.1) is 29.4 Å². The summed E-state index contributed by atoms with van der Waals surface area (Å²) in [5.74, 6) is -0.310. The second-order valence-corrected chi connectivity index (χ2v) is 11.1. The van der Waals surface area contributed by atoms with Crippen molar-refractivity contribution >= 4 is 45.2 Å². The molecular weight excluding hydrogens is 509 g/mol. The number of imidazole rings is 1. The van der Waals surface area contributed by atoms with Crippen molar-refractivity contribution in [3.8, 4) is 0 Å². The molecule has 2 aliphatic heterocycles. The average molecular weight is 540 g/mol. The van der Waals surface area contributed by atoms with Crippen molar-refractivity contribution in [2.45, 2.75) is 45.2 Å². The molecule has 0 saturated carbocycles. The lowest BCUT2D eigenvalue weighted by atomic mass is 9.93. The summed E-state index contributed by atoms with van der Waals surface area (Å²) < 4.78 is 18.9. The molecule has 4 aromatic rings. The van der Waals surface area contributed by atoms with E-state index in [1.165, 1.54) is 12.1 Å². The number of nitrogens with one attached hydrogen (secondary N) is 1. The van der Waals surface area contributed by atoms with Gasteiger partial charge in [0.25, 0.3) is 0 Å². The number of fused-ring (bicyclic) bond motifs is 1. The van der Waals surface area contributed by atoms with E-state index in [2.05, 4.69) is 10.3 Å². The second kappa shape index (κ2) is 9.82. The first-order valence-corrected chi connectivity index (χ1v) is 14.0. The standard InChI is InChI=1S/C31H30FN5O3/c32-21-13-20-17-35(28(40)5-4-19-6-8-33-9-7-19)11-12-36-18-23(22(14-21)31(20)36)29-25(38)15-26(39)30(29)24-16-34-27-3-1-2-10-37(24)27/h1-3,10,13-14,16,18-19,33H,4-9,11-12,15,17H2. The lowest BCUT2D eigenvalue weighted by Crippen LogP contribution is -2.33. The van der Waals surface area contributed by atoms with Crippen LogP contribution in [-0.2, 0) is 27.5 Å². The molecule has 0 bridgehead atoms. The van der Waals surface area contributed by atoms with Gasteiger partial charge < -0.3 is 14.8 Å². The highest BCUT2D eigenvalue weighted by Crippen LogP contribution is 2.41. The lowest BCUT2D eigenvalue weighted by Gasteiger charge is -2.25. The lowest BCUT2D eigenvalue weighted by molar-refractivity contribution is -0.132. The van der Waals surface area contributed by atoms with Crippen molar-refractivity contribution in [2.24, 2.45) is 5.92 Å². The Morgan fingerprint density at radius 2 is 1.90 bits per heavy atom. The number of nitrogens with zero attached hydrogens (tertiary/aromatic N) is 4. The second-order valence-electron chi connectivity index (χ2n) is 11.1. The van der Waals surface area contributed by atoms with E-state index in [1.807, 2.05) is 40.1 Å². The number of ketones is 2. The van der Waals surface area contributed by atoms with Crippen molar-refractivity contribution in [3.05, 3.63) is 71.6 Å². The molecule has 1 aliphatic carbocycles. The van der Waals surface area contributed by atoms with E-state index < -0.39 is 5.82 Å². The number of allylic oxidation sites excluding steroid dienone is 2. The van der Waals surface area contributed by atoms with Crippen LogP contribution < -0.4 is 5.32 Å². The summed E-state index contributed by atoms with van der Waals surface area (Å²) in [6, 6.07) is 8.47. The van der Waals surface area contributed by atoms with E-state index >= 15 is 4.39 Å². The number of amides is 1. The first kappa shape index (κ1) is 24.9. The minimum Gasteiger partial charge on any atom is -0.345 e. The van der Waals surface area contributed by atoms with E-state index in [-0.39, 0.29) is 23.9 Å². The monoisotopic (exact) mass is 539 g/mol. The van der Waals surface area contributed by atoms with Crippen LogP contribution >= 0.6 is 0 Å². The van der Waals surface area contributed by atoms with Crippen LogP contribution in [0.25, 0.3) is 27.7 Å². The van der Waals surface area contributed by atoms with Crippen LogP contribution in [-0.4, -0.2) is 56.0 Å². The smallest absolute Gasteiger partial charge is 0.222 e. The molecule has 3 aliphatic rings. The zero-order valence-electron chi connectivity index (χ0n) is 22.2. The van der Waals surface area contributed by atoms with Crippen LogP contribution in [0.1, 0.15) is 48.9 Å². The highest BCUT2D eigenvalue weighted by molar-refractivity contribution is 6.51. The van der Waals surface area contributed by atoms with Gasteiger partial charge in [0.1, 0.15) is 11.5 Å². The van der Waals surface area contributed by atoms with Crippen molar-refractivity contribution in [3.63, 3.8) is 0 Å². The summed E-state index contributed by atoms with van der Waals surface area (Å²) in [7, 11) is 0. The van der Waals surface area contributed by atoms with Crippen molar-refractivity contribution in [2.75, 3.05) is 19.6 Å². The molecule has 1 fully saturated rings. The van der Waals surface area contributed by atoms with Crippen LogP contribution in [0.15, 0.2) is 48.9 Å². The van der Waals surface area contributed by atoms with E-state index in [9.17, 15) is 14.4 Å². The molecular formula is C31H30FN5O3. The van der Waals surface area contributed by atoms with Gasteiger partial charge in [0.2, 0.25) is 5.91 Å². The Balaban J connectivity index is 1.27. The summed E-state index contributed by atoms with van der Waals surface area (Å²) in [5.41, 5.74) is 3.93. The number of carbonyl (C=O) groups excluding carboxylic acids is 3. The third-order valence-corrected chi connectivity index (χ3v) is 8.64. The molecule has 1 amide bonds. The predicted molar refractivity (Wildman–Crippen MR) is 149 cm³/mol. The van der Waals surface area contributed by atoms with Crippen LogP contribution in [0.5, 0.6) is 0 Å². The van der Waals surface area contributed by atoms with Gasteiger partial charge in [-0.2, -0.15) is 0 Å². The third-order valence-electron chi connectivity index (χ3n) is 8.64. The van der Waals surface area contributed by atoms with Gasteiger partial charge in [0, 0.05) is 55.0 Å². The van der Waals surface area contributed by atoms with Crippen molar-refractivity contribution in [1.29, 1.82) is 0 Å². The predicted octanol–water partition coefficient (Wildman–Crippen LogP) is 4.00. The quantitative estimate of drug-likeness (QED) is 0.388. The van der Waals surface area contributed by atoms with E-state index in [0.29, 0.717) is 71.0 Å². The molecule has 1 saturated heterocycles. The van der Waals surface area contributed by atoms with Crippen LogP contribution in [0, 0.1) is 11.7 Å². The third kappa shape index (κ3) is 4.16. The number of pyridine rings is 1. The van der Waals surface area contributed by atoms with Gasteiger partial charge >= 0.3 is 0 Å². The number of rotatable bonds is 5. The minimum absolute atomic E-state index is 0.0936. The Kier molecular flexibility index (Phi) is 6.11. The number of piperidine rings is 1. The Bertz CT molecular complexity index is 1730. The Morgan fingerprint density at radius 1 is 1.07 bits per heavy atom. The van der Waals surface area contributed by atoms with Gasteiger partial charge in [0.15, 0.2) is 11.6 Å². The summed E-state index contributed by atoms with van der Waals surface area (Å²) in [6.45, 7) is 3.34. The van der Waals surface area contributed by atoms with Gasteiger partial charge in [-0.05, 0) is 68.1 Å². The van der Waals surface area contributed by atoms with Gasteiger partial charge in [-0.15, -0.1) is 0 Å². The fraction of sp³-hybridized carbons (Fsp3) is 0.355.